The first kappa shape index (κ1) is 14.8. The van der Waals surface area contributed by atoms with E-state index in [0.29, 0.717) is 0 Å². The molecule has 4 nitrogen and oxygen atoms in total. The van der Waals surface area contributed by atoms with Gasteiger partial charge in [-0.1, -0.05) is 57.1 Å². The highest BCUT2D eigenvalue weighted by atomic mass is 15.3. The van der Waals surface area contributed by atoms with E-state index in [4.69, 9.17) is 5.73 Å². The summed E-state index contributed by atoms with van der Waals surface area (Å²) in [5.41, 5.74) is 9.98. The molecule has 2 rings (SSSR count). The molecule has 0 aliphatic carbocycles. The Morgan fingerprint density at radius 1 is 1.00 bits per heavy atom. The number of rotatable bonds is 9. The Morgan fingerprint density at radius 3 is 2.45 bits per heavy atom. The number of nitrogen functional groups attached to an aromatic ring is 1. The van der Waals surface area contributed by atoms with Crippen LogP contribution in [0.5, 0.6) is 0 Å². The fourth-order valence-corrected chi connectivity index (χ4v) is 2.68. The van der Waals surface area contributed by atoms with Crippen LogP contribution in [0.4, 0.5) is 5.69 Å². The molecule has 1 heterocycles. The molecule has 1 aromatic carbocycles. The molecule has 4 heteroatoms. The number of hydrogen-bond donors (Lipinski definition) is 2. The molecule has 1 aromatic heterocycles. The van der Waals surface area contributed by atoms with Gasteiger partial charge in [0.2, 0.25) is 0 Å². The first-order valence-electron chi connectivity index (χ1n) is 7.91. The summed E-state index contributed by atoms with van der Waals surface area (Å²) in [6.45, 7) is 2.26. The second kappa shape index (κ2) is 7.88. The first-order valence-corrected chi connectivity index (χ1v) is 7.91. The number of anilines is 1. The van der Waals surface area contributed by atoms with Crippen molar-refractivity contribution in [3.8, 4) is 0 Å². The summed E-state index contributed by atoms with van der Waals surface area (Å²) in [7, 11) is 0. The minimum atomic E-state index is 0.842. The van der Waals surface area contributed by atoms with E-state index in [2.05, 4.69) is 22.3 Å². The topological polar surface area (TPSA) is 67.6 Å². The fraction of sp³-hybridized carbons (Fsp3) is 0.625. The van der Waals surface area contributed by atoms with E-state index in [1.807, 2.05) is 12.1 Å². The van der Waals surface area contributed by atoms with Crippen molar-refractivity contribution in [2.45, 2.75) is 64.7 Å². The van der Waals surface area contributed by atoms with E-state index in [1.54, 1.807) is 0 Å². The van der Waals surface area contributed by atoms with E-state index in [0.717, 1.165) is 28.7 Å². The molecule has 0 amide bonds. The van der Waals surface area contributed by atoms with Crippen LogP contribution in [0.3, 0.4) is 0 Å². The maximum Gasteiger partial charge on any atom is 0.118 e. The number of aromatic amines is 1. The number of nitrogens with zero attached hydrogens (tertiary/aromatic N) is 2. The molecule has 0 aliphatic rings. The molecule has 0 spiro atoms. The Labute approximate surface area is 121 Å². The lowest BCUT2D eigenvalue weighted by Gasteiger charge is -2.06. The van der Waals surface area contributed by atoms with Gasteiger partial charge in [0, 0.05) is 11.3 Å². The van der Waals surface area contributed by atoms with Gasteiger partial charge in [-0.05, 0) is 25.0 Å². The van der Waals surface area contributed by atoms with Gasteiger partial charge in [0.25, 0.3) is 0 Å². The van der Waals surface area contributed by atoms with Crippen molar-refractivity contribution < 1.29 is 0 Å². The SMILES string of the molecule is CCCCCCCCCCc1c(N)ccc2[nH]nnc12. The van der Waals surface area contributed by atoms with Crippen molar-refractivity contribution in [2.24, 2.45) is 0 Å². The summed E-state index contributed by atoms with van der Waals surface area (Å²) < 4.78 is 0. The van der Waals surface area contributed by atoms with Crippen molar-refractivity contribution >= 4 is 16.7 Å². The highest BCUT2D eigenvalue weighted by Gasteiger charge is 2.08. The molecule has 2 aromatic rings. The summed E-state index contributed by atoms with van der Waals surface area (Å²) in [5.74, 6) is 0. The number of fused-ring (bicyclic) bond motifs is 1. The van der Waals surface area contributed by atoms with Gasteiger partial charge in [0.05, 0.1) is 5.52 Å². The Morgan fingerprint density at radius 2 is 1.70 bits per heavy atom. The summed E-state index contributed by atoms with van der Waals surface area (Å²) in [4.78, 5) is 0. The van der Waals surface area contributed by atoms with Gasteiger partial charge in [-0.3, -0.25) is 5.10 Å². The summed E-state index contributed by atoms with van der Waals surface area (Å²) in [6, 6.07) is 3.89. The number of unbranched alkanes of at least 4 members (excludes halogenated alkanes) is 7. The number of nitrogens with two attached hydrogens (primary N) is 1. The molecule has 3 N–H and O–H groups in total. The fourth-order valence-electron chi connectivity index (χ4n) is 2.68. The smallest absolute Gasteiger partial charge is 0.118 e. The van der Waals surface area contributed by atoms with Crippen LogP contribution in [0.15, 0.2) is 12.1 Å². The Hall–Kier alpha value is -1.58. The second-order valence-electron chi connectivity index (χ2n) is 5.57. The lowest BCUT2D eigenvalue weighted by Crippen LogP contribution is -1.96. The zero-order chi connectivity index (χ0) is 14.2. The van der Waals surface area contributed by atoms with E-state index >= 15 is 0 Å². The molecule has 0 unspecified atom stereocenters. The predicted octanol–water partition coefficient (Wildman–Crippen LogP) is 4.22. The Balaban J connectivity index is 1.73. The summed E-state index contributed by atoms with van der Waals surface area (Å²) >= 11 is 0. The van der Waals surface area contributed by atoms with Crippen LogP contribution >= 0.6 is 0 Å². The standard InChI is InChI=1S/C16H26N4/c1-2-3-4-5-6-7-8-9-10-13-14(17)11-12-15-16(13)19-20-18-15/h11-12H,2-10,17H2,1H3,(H,18,19,20). The van der Waals surface area contributed by atoms with Crippen LogP contribution in [-0.2, 0) is 6.42 Å². The van der Waals surface area contributed by atoms with E-state index in [1.165, 1.54) is 51.4 Å². The molecule has 0 fully saturated rings. The van der Waals surface area contributed by atoms with E-state index < -0.39 is 0 Å². The number of aromatic nitrogens is 3. The molecule has 0 radical (unpaired) electrons. The number of nitrogens with one attached hydrogen (secondary N) is 1. The number of H-pyrrole nitrogens is 1. The highest BCUT2D eigenvalue weighted by Crippen LogP contribution is 2.23. The molecule has 0 bridgehead atoms. The molecule has 110 valence electrons. The quantitative estimate of drug-likeness (QED) is 0.531. The lowest BCUT2D eigenvalue weighted by atomic mass is 10.0. The third-order valence-corrected chi connectivity index (χ3v) is 3.92. The van der Waals surface area contributed by atoms with Crippen LogP contribution in [0.2, 0.25) is 0 Å². The minimum Gasteiger partial charge on any atom is -0.398 e. The monoisotopic (exact) mass is 274 g/mol. The summed E-state index contributed by atoms with van der Waals surface area (Å²) in [6.07, 6.45) is 11.6. The van der Waals surface area contributed by atoms with Crippen LogP contribution in [-0.4, -0.2) is 15.4 Å². The van der Waals surface area contributed by atoms with Crippen LogP contribution in [0.25, 0.3) is 11.0 Å². The maximum atomic E-state index is 6.06. The highest BCUT2D eigenvalue weighted by molar-refractivity contribution is 5.82. The molecule has 20 heavy (non-hydrogen) atoms. The zero-order valence-electron chi connectivity index (χ0n) is 12.5. The minimum absolute atomic E-state index is 0.842. The second-order valence-corrected chi connectivity index (χ2v) is 5.57. The largest absolute Gasteiger partial charge is 0.398 e. The zero-order valence-corrected chi connectivity index (χ0v) is 12.5. The van der Waals surface area contributed by atoms with Gasteiger partial charge in [-0.2, -0.15) is 0 Å². The molecule has 0 atom stereocenters. The van der Waals surface area contributed by atoms with Gasteiger partial charge >= 0.3 is 0 Å². The van der Waals surface area contributed by atoms with E-state index in [9.17, 15) is 0 Å². The van der Waals surface area contributed by atoms with Crippen molar-refractivity contribution in [1.29, 1.82) is 0 Å². The van der Waals surface area contributed by atoms with Crippen LogP contribution in [0, 0.1) is 0 Å². The van der Waals surface area contributed by atoms with Gasteiger partial charge in [-0.15, -0.1) is 5.10 Å². The maximum absolute atomic E-state index is 6.06. The average Bonchev–Trinajstić information content (AvgIpc) is 2.92. The number of aryl methyl sites for hydroxylation is 1. The van der Waals surface area contributed by atoms with Crippen molar-refractivity contribution in [1.82, 2.24) is 15.4 Å². The lowest BCUT2D eigenvalue weighted by molar-refractivity contribution is 0.576. The van der Waals surface area contributed by atoms with Crippen molar-refractivity contribution in [3.63, 3.8) is 0 Å². The number of benzene rings is 1. The average molecular weight is 274 g/mol. The summed E-state index contributed by atoms with van der Waals surface area (Å²) in [5, 5.41) is 10.9. The normalized spacial score (nSPS) is 11.2. The van der Waals surface area contributed by atoms with E-state index in [-0.39, 0.29) is 0 Å². The van der Waals surface area contributed by atoms with Crippen molar-refractivity contribution in [3.05, 3.63) is 17.7 Å². The first-order chi connectivity index (χ1) is 9.83. The molecular weight excluding hydrogens is 248 g/mol. The Kier molecular flexibility index (Phi) is 5.84. The molecule has 0 aliphatic heterocycles. The van der Waals surface area contributed by atoms with Gasteiger partial charge in [0.1, 0.15) is 5.52 Å². The van der Waals surface area contributed by atoms with Gasteiger partial charge < -0.3 is 5.73 Å². The predicted molar refractivity (Wildman–Crippen MR) is 84.6 cm³/mol. The van der Waals surface area contributed by atoms with Gasteiger partial charge in [0.15, 0.2) is 0 Å². The van der Waals surface area contributed by atoms with Crippen LogP contribution in [0.1, 0.15) is 63.9 Å². The molecule has 0 saturated carbocycles. The van der Waals surface area contributed by atoms with Crippen molar-refractivity contribution in [2.75, 3.05) is 5.73 Å². The third kappa shape index (κ3) is 3.95. The molecular formula is C16H26N4. The third-order valence-electron chi connectivity index (χ3n) is 3.92. The molecule has 0 saturated heterocycles. The number of hydrogen-bond acceptors (Lipinski definition) is 3. The van der Waals surface area contributed by atoms with Gasteiger partial charge in [-0.25, -0.2) is 0 Å². The van der Waals surface area contributed by atoms with Crippen LogP contribution < -0.4 is 5.73 Å². The Bertz CT molecular complexity index is 518.